The van der Waals surface area contributed by atoms with E-state index in [1.54, 1.807) is 0 Å². The summed E-state index contributed by atoms with van der Waals surface area (Å²) in [5, 5.41) is 3.59. The van der Waals surface area contributed by atoms with Crippen LogP contribution >= 0.6 is 0 Å². The van der Waals surface area contributed by atoms with Crippen LogP contribution < -0.4 is 5.32 Å². The molecule has 1 aliphatic rings. The molecule has 1 rings (SSSR count). The van der Waals surface area contributed by atoms with Crippen LogP contribution in [-0.4, -0.2) is 63.5 Å². The van der Waals surface area contributed by atoms with Gasteiger partial charge in [-0.3, -0.25) is 0 Å². The predicted octanol–water partition coefficient (Wildman–Crippen LogP) is 1.36. The van der Waals surface area contributed by atoms with E-state index in [2.05, 4.69) is 38.0 Å². The molecule has 0 aromatic heterocycles. The Hall–Kier alpha value is -0.160. The van der Waals surface area contributed by atoms with Crippen LogP contribution in [0.2, 0.25) is 0 Å². The van der Waals surface area contributed by atoms with Gasteiger partial charge in [-0.25, -0.2) is 0 Å². The Bertz CT molecular complexity index is 206. The number of ether oxygens (including phenoxy) is 2. The summed E-state index contributed by atoms with van der Waals surface area (Å²) in [4.78, 5) is 2.36. The van der Waals surface area contributed by atoms with Crippen LogP contribution in [0.5, 0.6) is 0 Å². The van der Waals surface area contributed by atoms with Crippen LogP contribution in [0, 0.1) is 5.92 Å². The maximum Gasteiger partial charge on any atom is 0.0596 e. The summed E-state index contributed by atoms with van der Waals surface area (Å²) in [5.41, 5.74) is 0. The largest absolute Gasteiger partial charge is 0.381 e. The van der Waals surface area contributed by atoms with E-state index in [0.717, 1.165) is 39.5 Å². The summed E-state index contributed by atoms with van der Waals surface area (Å²) in [5.74, 6) is 0.665. The van der Waals surface area contributed by atoms with Gasteiger partial charge in [0.1, 0.15) is 0 Å². The van der Waals surface area contributed by atoms with E-state index in [9.17, 15) is 0 Å². The molecular formula is C14H30N2O2. The van der Waals surface area contributed by atoms with Crippen LogP contribution in [0.1, 0.15) is 27.2 Å². The Balaban J connectivity index is 2.25. The third-order valence-corrected chi connectivity index (χ3v) is 3.43. The van der Waals surface area contributed by atoms with E-state index in [4.69, 9.17) is 9.47 Å². The van der Waals surface area contributed by atoms with Crippen LogP contribution in [0.4, 0.5) is 0 Å². The van der Waals surface area contributed by atoms with E-state index in [-0.39, 0.29) is 0 Å². The number of rotatable bonds is 9. The van der Waals surface area contributed by atoms with Crippen molar-refractivity contribution in [3.8, 4) is 0 Å². The van der Waals surface area contributed by atoms with Crippen molar-refractivity contribution in [2.24, 2.45) is 5.92 Å². The molecule has 1 aliphatic heterocycles. The quantitative estimate of drug-likeness (QED) is 0.677. The summed E-state index contributed by atoms with van der Waals surface area (Å²) in [7, 11) is 2.17. The predicted molar refractivity (Wildman–Crippen MR) is 75.0 cm³/mol. The Morgan fingerprint density at radius 3 is 2.78 bits per heavy atom. The van der Waals surface area contributed by atoms with Gasteiger partial charge in [0.25, 0.3) is 0 Å². The van der Waals surface area contributed by atoms with Crippen LogP contribution in [0.3, 0.4) is 0 Å². The summed E-state index contributed by atoms with van der Waals surface area (Å²) in [6, 6.07) is 0.543. The number of hydrogen-bond acceptors (Lipinski definition) is 4. The maximum absolute atomic E-state index is 5.59. The minimum atomic E-state index is 0.325. The van der Waals surface area contributed by atoms with E-state index in [1.165, 1.54) is 6.42 Å². The second kappa shape index (κ2) is 8.86. The highest BCUT2D eigenvalue weighted by Gasteiger charge is 2.25. The van der Waals surface area contributed by atoms with E-state index in [1.807, 2.05) is 0 Å². The fourth-order valence-corrected chi connectivity index (χ4v) is 2.38. The molecule has 2 unspecified atom stereocenters. The molecule has 1 saturated heterocycles. The highest BCUT2D eigenvalue weighted by molar-refractivity contribution is 4.81. The van der Waals surface area contributed by atoms with E-state index in [0.29, 0.717) is 18.1 Å². The fraction of sp³-hybridized carbons (Fsp3) is 1.00. The molecule has 0 aromatic carbocycles. The number of nitrogens with zero attached hydrogens (tertiary/aromatic N) is 1. The van der Waals surface area contributed by atoms with Gasteiger partial charge in [0.2, 0.25) is 0 Å². The van der Waals surface area contributed by atoms with Crippen LogP contribution in [0.15, 0.2) is 0 Å². The third-order valence-electron chi connectivity index (χ3n) is 3.43. The van der Waals surface area contributed by atoms with Crippen molar-refractivity contribution in [2.45, 2.75) is 39.3 Å². The molecule has 18 heavy (non-hydrogen) atoms. The van der Waals surface area contributed by atoms with E-state index < -0.39 is 0 Å². The molecule has 4 nitrogen and oxygen atoms in total. The zero-order chi connectivity index (χ0) is 13.4. The highest BCUT2D eigenvalue weighted by atomic mass is 16.5. The molecule has 4 heteroatoms. The van der Waals surface area contributed by atoms with Crippen molar-refractivity contribution >= 4 is 0 Å². The first-order chi connectivity index (χ1) is 8.63. The minimum Gasteiger partial charge on any atom is -0.381 e. The first-order valence-corrected chi connectivity index (χ1v) is 7.24. The Kier molecular flexibility index (Phi) is 7.82. The Morgan fingerprint density at radius 2 is 2.22 bits per heavy atom. The van der Waals surface area contributed by atoms with Crippen molar-refractivity contribution in [3.05, 3.63) is 0 Å². The second-order valence-corrected chi connectivity index (χ2v) is 5.47. The van der Waals surface area contributed by atoms with Gasteiger partial charge in [-0.05, 0) is 33.9 Å². The Labute approximate surface area is 112 Å². The lowest BCUT2D eigenvalue weighted by molar-refractivity contribution is 0.0605. The topological polar surface area (TPSA) is 33.7 Å². The first-order valence-electron chi connectivity index (χ1n) is 7.24. The average Bonchev–Trinajstić information content (AvgIpc) is 2.81. The lowest BCUT2D eigenvalue weighted by Gasteiger charge is -2.28. The lowest BCUT2D eigenvalue weighted by atomic mass is 9.98. The van der Waals surface area contributed by atoms with Crippen molar-refractivity contribution in [2.75, 3.05) is 46.5 Å². The molecule has 0 saturated carbocycles. The lowest BCUT2D eigenvalue weighted by Crippen LogP contribution is -2.45. The van der Waals surface area contributed by atoms with Gasteiger partial charge in [0.05, 0.1) is 19.3 Å². The molecule has 0 amide bonds. The highest BCUT2D eigenvalue weighted by Crippen LogP contribution is 2.17. The zero-order valence-electron chi connectivity index (χ0n) is 12.4. The number of likely N-dealkylation sites (N-methyl/N-ethyl adjacent to an activating group) is 2. The molecule has 108 valence electrons. The van der Waals surface area contributed by atoms with Gasteiger partial charge in [-0.1, -0.05) is 6.92 Å². The molecule has 2 atom stereocenters. The molecule has 0 spiro atoms. The van der Waals surface area contributed by atoms with E-state index >= 15 is 0 Å². The van der Waals surface area contributed by atoms with Crippen molar-refractivity contribution in [1.29, 1.82) is 0 Å². The smallest absolute Gasteiger partial charge is 0.0596 e. The first kappa shape index (κ1) is 15.9. The zero-order valence-corrected chi connectivity index (χ0v) is 12.4. The fourth-order valence-electron chi connectivity index (χ4n) is 2.38. The monoisotopic (exact) mass is 258 g/mol. The van der Waals surface area contributed by atoms with Crippen molar-refractivity contribution in [1.82, 2.24) is 10.2 Å². The standard InChI is InChI=1S/C14H30N2O2/c1-5-15-14(13-6-8-17-11-13)10-16(4)7-9-18-12(2)3/h12-15H,5-11H2,1-4H3. The third kappa shape index (κ3) is 6.14. The average molecular weight is 258 g/mol. The van der Waals surface area contributed by atoms with Gasteiger partial charge in [-0.2, -0.15) is 0 Å². The normalized spacial score (nSPS) is 22.0. The molecule has 0 bridgehead atoms. The summed E-state index contributed by atoms with van der Waals surface area (Å²) >= 11 is 0. The van der Waals surface area contributed by atoms with Gasteiger partial charge in [0.15, 0.2) is 0 Å². The molecule has 1 heterocycles. The van der Waals surface area contributed by atoms with Crippen molar-refractivity contribution in [3.63, 3.8) is 0 Å². The molecule has 1 fully saturated rings. The molecule has 1 N–H and O–H groups in total. The minimum absolute atomic E-state index is 0.325. The van der Waals surface area contributed by atoms with Gasteiger partial charge < -0.3 is 19.7 Å². The maximum atomic E-state index is 5.59. The van der Waals surface area contributed by atoms with Gasteiger partial charge >= 0.3 is 0 Å². The number of hydrogen-bond donors (Lipinski definition) is 1. The summed E-state index contributed by atoms with van der Waals surface area (Å²) in [6.45, 7) is 12.1. The molecular weight excluding hydrogens is 228 g/mol. The van der Waals surface area contributed by atoms with Gasteiger partial charge in [0, 0.05) is 31.7 Å². The molecule has 0 aromatic rings. The van der Waals surface area contributed by atoms with Crippen molar-refractivity contribution < 1.29 is 9.47 Å². The van der Waals surface area contributed by atoms with Gasteiger partial charge in [-0.15, -0.1) is 0 Å². The van der Waals surface area contributed by atoms with Crippen LogP contribution in [-0.2, 0) is 9.47 Å². The van der Waals surface area contributed by atoms with Crippen LogP contribution in [0.25, 0.3) is 0 Å². The second-order valence-electron chi connectivity index (χ2n) is 5.47. The Morgan fingerprint density at radius 1 is 1.44 bits per heavy atom. The SMILES string of the molecule is CCNC(CN(C)CCOC(C)C)C1CCOC1. The summed E-state index contributed by atoms with van der Waals surface area (Å²) in [6.07, 6.45) is 1.51. The molecule has 0 radical (unpaired) electrons. The summed E-state index contributed by atoms with van der Waals surface area (Å²) < 4.78 is 11.1. The number of nitrogens with one attached hydrogen (secondary N) is 1. The molecule has 0 aliphatic carbocycles.